The molecule has 1 aliphatic carbocycles. The zero-order valence-electron chi connectivity index (χ0n) is 15.9. The highest BCUT2D eigenvalue weighted by Crippen LogP contribution is 2.32. The molecular weight excluding hydrogens is 380 g/mol. The molecule has 2 aromatic carbocycles. The molecule has 0 aromatic heterocycles. The number of benzene rings is 2. The average Bonchev–Trinajstić information content (AvgIpc) is 3.52. The van der Waals surface area contributed by atoms with Crippen LogP contribution in [0.4, 0.5) is 10.5 Å². The highest BCUT2D eigenvalue weighted by atomic mass is 32.2. The summed E-state index contributed by atoms with van der Waals surface area (Å²) in [6, 6.07) is 13.9. The summed E-state index contributed by atoms with van der Waals surface area (Å²) in [5.74, 6) is 0.701. The van der Waals surface area contributed by atoms with Gasteiger partial charge in [-0.2, -0.15) is 8.42 Å². The van der Waals surface area contributed by atoms with E-state index in [0.29, 0.717) is 17.0 Å². The summed E-state index contributed by atoms with van der Waals surface area (Å²) in [4.78, 5) is 14.6. The highest BCUT2D eigenvalue weighted by Gasteiger charge is 2.33. The van der Waals surface area contributed by atoms with Crippen molar-refractivity contribution in [3.05, 3.63) is 54.1 Å². The van der Waals surface area contributed by atoms with Crippen LogP contribution >= 0.6 is 0 Å². The van der Waals surface area contributed by atoms with Gasteiger partial charge in [0.1, 0.15) is 11.5 Å². The van der Waals surface area contributed by atoms with Gasteiger partial charge < -0.3 is 19.1 Å². The minimum absolute atomic E-state index is 0.116. The second-order valence-corrected chi connectivity index (χ2v) is 8.39. The van der Waals surface area contributed by atoms with Crippen molar-refractivity contribution in [1.82, 2.24) is 4.90 Å². The molecule has 1 fully saturated rings. The first-order valence-corrected chi connectivity index (χ1v) is 10.7. The summed E-state index contributed by atoms with van der Waals surface area (Å²) < 4.78 is 34.2. The number of carbonyl (C=O) groups excluding carboxylic acids is 1. The summed E-state index contributed by atoms with van der Waals surface area (Å²) in [5.41, 5.74) is 1.22. The van der Waals surface area contributed by atoms with Crippen LogP contribution in [0.2, 0.25) is 0 Å². The lowest BCUT2D eigenvalue weighted by atomic mass is 10.2. The van der Waals surface area contributed by atoms with E-state index in [4.69, 9.17) is 8.92 Å². The number of para-hydroxylation sites is 3. The van der Waals surface area contributed by atoms with Crippen molar-refractivity contribution in [3.8, 4) is 11.5 Å². The van der Waals surface area contributed by atoms with Crippen molar-refractivity contribution in [1.29, 1.82) is 0 Å². The molecule has 0 aliphatic heterocycles. The highest BCUT2D eigenvalue weighted by molar-refractivity contribution is 7.87. The fourth-order valence-electron chi connectivity index (χ4n) is 2.78. The van der Waals surface area contributed by atoms with Crippen LogP contribution in [-0.4, -0.2) is 38.3 Å². The van der Waals surface area contributed by atoms with Gasteiger partial charge in [0.15, 0.2) is 0 Å². The number of anilines is 1. The first-order valence-electron chi connectivity index (χ1n) is 9.14. The molecule has 0 saturated heterocycles. The Kier molecular flexibility index (Phi) is 6.08. The second kappa shape index (κ2) is 8.52. The number of carbonyl (C=O) groups is 1. The lowest BCUT2D eigenvalue weighted by Crippen LogP contribution is -2.36. The largest absolute Gasteiger partial charge is 0.495 e. The first kappa shape index (κ1) is 20.0. The predicted octanol–water partition coefficient (Wildman–Crippen LogP) is 3.62. The van der Waals surface area contributed by atoms with Crippen LogP contribution in [0.5, 0.6) is 11.5 Å². The van der Waals surface area contributed by atoms with Gasteiger partial charge in [-0.1, -0.05) is 30.3 Å². The molecule has 1 aliphatic rings. The number of urea groups is 1. The fraction of sp³-hybridized carbons (Fsp3) is 0.350. The molecule has 2 amide bonds. The van der Waals surface area contributed by atoms with Gasteiger partial charge in [-0.25, -0.2) is 4.79 Å². The third kappa shape index (κ3) is 4.95. The topological polar surface area (TPSA) is 84.9 Å². The summed E-state index contributed by atoms with van der Waals surface area (Å²) in [6.45, 7) is 1.77. The van der Waals surface area contributed by atoms with E-state index in [1.807, 2.05) is 12.1 Å². The van der Waals surface area contributed by atoms with E-state index in [2.05, 4.69) is 5.32 Å². The van der Waals surface area contributed by atoms with Crippen LogP contribution in [0.3, 0.4) is 0 Å². The molecule has 150 valence electrons. The van der Waals surface area contributed by atoms with E-state index >= 15 is 0 Å². The number of nitrogens with zero attached hydrogens (tertiary/aromatic N) is 1. The Morgan fingerprint density at radius 2 is 1.75 bits per heavy atom. The number of ether oxygens (including phenoxy) is 1. The van der Waals surface area contributed by atoms with Gasteiger partial charge in [0, 0.05) is 11.6 Å². The maximum Gasteiger partial charge on any atom is 0.322 e. The molecule has 1 saturated carbocycles. The van der Waals surface area contributed by atoms with Crippen molar-refractivity contribution in [2.45, 2.75) is 32.4 Å². The predicted molar refractivity (Wildman–Crippen MR) is 107 cm³/mol. The maximum absolute atomic E-state index is 12.9. The lowest BCUT2D eigenvalue weighted by Gasteiger charge is -2.24. The second-order valence-electron chi connectivity index (χ2n) is 6.53. The number of methoxy groups -OCH3 is 1. The van der Waals surface area contributed by atoms with E-state index in [0.717, 1.165) is 12.8 Å². The SMILES string of the molecule is CCS(=O)(=O)Oc1ccccc1CN(C(=O)Nc1ccccc1OC)C1CC1. The Labute approximate surface area is 165 Å². The number of hydrogen-bond acceptors (Lipinski definition) is 5. The molecule has 28 heavy (non-hydrogen) atoms. The van der Waals surface area contributed by atoms with E-state index < -0.39 is 10.1 Å². The van der Waals surface area contributed by atoms with Crippen LogP contribution in [0.25, 0.3) is 0 Å². The summed E-state index contributed by atoms with van der Waals surface area (Å²) in [6.07, 6.45) is 1.82. The summed E-state index contributed by atoms with van der Waals surface area (Å²) in [7, 11) is -2.10. The minimum atomic E-state index is -3.65. The molecule has 3 rings (SSSR count). The van der Waals surface area contributed by atoms with E-state index in [9.17, 15) is 13.2 Å². The standard InChI is InChI=1S/C20H24N2O5S/c1-3-28(24,25)27-18-10-6-4-8-15(18)14-22(16-12-13-16)20(23)21-17-9-5-7-11-19(17)26-2/h4-11,16H,3,12-14H2,1-2H3,(H,21,23). The fourth-order valence-corrected chi connectivity index (χ4v) is 3.34. The Bertz CT molecular complexity index is 941. The van der Waals surface area contributed by atoms with Crippen LogP contribution in [-0.2, 0) is 16.7 Å². The van der Waals surface area contributed by atoms with Gasteiger partial charge in [-0.15, -0.1) is 0 Å². The molecule has 1 N–H and O–H groups in total. The third-order valence-corrected chi connectivity index (χ3v) is 5.62. The van der Waals surface area contributed by atoms with Crippen LogP contribution in [0, 0.1) is 0 Å². The van der Waals surface area contributed by atoms with Gasteiger partial charge in [0.25, 0.3) is 0 Å². The van der Waals surface area contributed by atoms with E-state index in [1.165, 1.54) is 6.92 Å². The number of hydrogen-bond donors (Lipinski definition) is 1. The summed E-state index contributed by atoms with van der Waals surface area (Å²) >= 11 is 0. The van der Waals surface area contributed by atoms with Gasteiger partial charge in [-0.3, -0.25) is 0 Å². The zero-order chi connectivity index (χ0) is 20.1. The summed E-state index contributed by atoms with van der Waals surface area (Å²) in [5, 5.41) is 2.88. The molecule has 2 aromatic rings. The van der Waals surface area contributed by atoms with Crippen LogP contribution in [0.15, 0.2) is 48.5 Å². The van der Waals surface area contributed by atoms with Crippen molar-refractivity contribution in [2.24, 2.45) is 0 Å². The van der Waals surface area contributed by atoms with Gasteiger partial charge in [-0.05, 0) is 38.0 Å². The van der Waals surface area contributed by atoms with Crippen molar-refractivity contribution in [3.63, 3.8) is 0 Å². The normalized spacial score (nSPS) is 13.6. The zero-order valence-corrected chi connectivity index (χ0v) is 16.7. The Balaban J connectivity index is 1.80. The molecule has 0 radical (unpaired) electrons. The van der Waals surface area contributed by atoms with E-state index in [-0.39, 0.29) is 30.1 Å². The molecular formula is C20H24N2O5S. The third-order valence-electron chi connectivity index (χ3n) is 4.48. The smallest absolute Gasteiger partial charge is 0.322 e. The molecule has 0 atom stereocenters. The van der Waals surface area contributed by atoms with Crippen LogP contribution < -0.4 is 14.2 Å². The molecule has 0 spiro atoms. The maximum atomic E-state index is 12.9. The Morgan fingerprint density at radius 3 is 2.39 bits per heavy atom. The van der Waals surface area contributed by atoms with Crippen LogP contribution in [0.1, 0.15) is 25.3 Å². The first-order chi connectivity index (χ1) is 13.4. The molecule has 7 nitrogen and oxygen atoms in total. The average molecular weight is 404 g/mol. The minimum Gasteiger partial charge on any atom is -0.495 e. The number of amides is 2. The van der Waals surface area contributed by atoms with E-state index in [1.54, 1.807) is 48.4 Å². The number of nitrogens with one attached hydrogen (secondary N) is 1. The lowest BCUT2D eigenvalue weighted by molar-refractivity contribution is 0.205. The van der Waals surface area contributed by atoms with Crippen molar-refractivity contribution < 1.29 is 22.1 Å². The molecule has 0 bridgehead atoms. The molecule has 8 heteroatoms. The van der Waals surface area contributed by atoms with Gasteiger partial charge in [0.05, 0.1) is 25.1 Å². The van der Waals surface area contributed by atoms with Crippen molar-refractivity contribution in [2.75, 3.05) is 18.2 Å². The molecule has 0 heterocycles. The quantitative estimate of drug-likeness (QED) is 0.679. The Hall–Kier alpha value is -2.74. The van der Waals surface area contributed by atoms with Gasteiger partial charge >= 0.3 is 16.1 Å². The molecule has 0 unspecified atom stereocenters. The van der Waals surface area contributed by atoms with Gasteiger partial charge in [0.2, 0.25) is 0 Å². The number of rotatable bonds is 8. The Morgan fingerprint density at radius 1 is 1.11 bits per heavy atom. The van der Waals surface area contributed by atoms with Crippen molar-refractivity contribution >= 4 is 21.8 Å². The monoisotopic (exact) mass is 404 g/mol.